The number of nitrogens with one attached hydrogen (secondary N) is 1. The summed E-state index contributed by atoms with van der Waals surface area (Å²) in [6.45, 7) is 1.17. The minimum Gasteiger partial charge on any atom is -0.346 e. The predicted molar refractivity (Wildman–Crippen MR) is 98.4 cm³/mol. The molecule has 0 aromatic carbocycles. The molecule has 8 nitrogen and oxygen atoms in total. The van der Waals surface area contributed by atoms with Crippen molar-refractivity contribution in [3.63, 3.8) is 0 Å². The minimum absolute atomic E-state index is 0.0155. The van der Waals surface area contributed by atoms with Crippen LogP contribution in [0.25, 0.3) is 0 Å². The fraction of sp³-hybridized carbons (Fsp3) is 0.765. The van der Waals surface area contributed by atoms with Crippen molar-refractivity contribution in [3.8, 4) is 0 Å². The van der Waals surface area contributed by atoms with Crippen LogP contribution in [-0.2, 0) is 21.9 Å². The van der Waals surface area contributed by atoms with Gasteiger partial charge in [0.1, 0.15) is 0 Å². The largest absolute Gasteiger partial charge is 0.471 e. The van der Waals surface area contributed by atoms with E-state index in [0.717, 1.165) is 19.3 Å². The zero-order valence-electron chi connectivity index (χ0n) is 16.3. The monoisotopic (exact) mass is 437 g/mol. The lowest BCUT2D eigenvalue weighted by atomic mass is 9.79. The van der Waals surface area contributed by atoms with Gasteiger partial charge in [-0.1, -0.05) is 19.3 Å². The van der Waals surface area contributed by atoms with Crippen molar-refractivity contribution in [2.24, 2.45) is 7.05 Å². The number of amides is 1. The van der Waals surface area contributed by atoms with Gasteiger partial charge in [-0.2, -0.15) is 17.5 Å². The third-order valence-corrected chi connectivity index (χ3v) is 7.60. The molecule has 1 aromatic rings. The van der Waals surface area contributed by atoms with Crippen LogP contribution in [0.2, 0.25) is 0 Å². The number of hydrogen-bond donors (Lipinski definition) is 1. The zero-order valence-corrected chi connectivity index (χ0v) is 17.1. The summed E-state index contributed by atoms with van der Waals surface area (Å²) in [5.74, 6) is -1.93. The van der Waals surface area contributed by atoms with E-state index >= 15 is 0 Å². The molecule has 1 aliphatic heterocycles. The first kappa shape index (κ1) is 22.0. The van der Waals surface area contributed by atoms with Crippen molar-refractivity contribution in [1.29, 1.82) is 0 Å². The zero-order chi connectivity index (χ0) is 21.3. The highest BCUT2D eigenvalue weighted by atomic mass is 32.2. The number of carbonyl (C=O) groups is 1. The van der Waals surface area contributed by atoms with E-state index in [4.69, 9.17) is 0 Å². The molecule has 29 heavy (non-hydrogen) atoms. The average Bonchev–Trinajstić information content (AvgIpc) is 3.13. The molecule has 1 saturated heterocycles. The number of halogens is 3. The molecule has 0 radical (unpaired) electrons. The van der Waals surface area contributed by atoms with E-state index in [1.807, 2.05) is 4.90 Å². The molecule has 0 atom stereocenters. The summed E-state index contributed by atoms with van der Waals surface area (Å²) in [6.07, 6.45) is 2.05. The van der Waals surface area contributed by atoms with Gasteiger partial charge < -0.3 is 9.88 Å². The molecule has 0 spiro atoms. The molecule has 1 N–H and O–H groups in total. The summed E-state index contributed by atoms with van der Waals surface area (Å²) in [5.41, 5.74) is -0.569. The van der Waals surface area contributed by atoms with Crippen molar-refractivity contribution < 1.29 is 26.4 Å². The molecule has 3 rings (SSSR count). The van der Waals surface area contributed by atoms with Crippen molar-refractivity contribution in [2.75, 3.05) is 32.7 Å². The Bertz CT molecular complexity index is 826. The molecule has 1 saturated carbocycles. The number of nitrogens with zero attached hydrogens (tertiary/aromatic N) is 4. The summed E-state index contributed by atoms with van der Waals surface area (Å²) in [7, 11) is -2.02. The normalized spacial score (nSPS) is 21.8. The van der Waals surface area contributed by atoms with Crippen molar-refractivity contribution in [1.82, 2.24) is 24.1 Å². The number of piperazine rings is 1. The smallest absolute Gasteiger partial charge is 0.346 e. The van der Waals surface area contributed by atoms with Crippen LogP contribution in [0, 0.1) is 0 Å². The topological polar surface area (TPSA) is 87.5 Å². The Morgan fingerprint density at radius 3 is 2.31 bits per heavy atom. The van der Waals surface area contributed by atoms with Gasteiger partial charge in [0.2, 0.25) is 0 Å². The molecular weight excluding hydrogens is 411 g/mol. The Morgan fingerprint density at radius 1 is 1.17 bits per heavy atom. The van der Waals surface area contributed by atoms with Gasteiger partial charge in [-0.3, -0.25) is 9.69 Å². The summed E-state index contributed by atoms with van der Waals surface area (Å²) < 4.78 is 66.2. The number of alkyl halides is 3. The molecule has 2 fully saturated rings. The molecule has 1 amide bonds. The fourth-order valence-electron chi connectivity index (χ4n) is 4.22. The SMILES string of the molecule is Cn1cnc(S(=O)(=O)N2CCN(C3(CNC(=O)C(F)(F)F)CCCCC3)CC2)c1. The van der Waals surface area contributed by atoms with Crippen LogP contribution in [0.4, 0.5) is 13.2 Å². The van der Waals surface area contributed by atoms with Gasteiger partial charge in [-0.05, 0) is 12.8 Å². The predicted octanol–water partition coefficient (Wildman–Crippen LogP) is 1.11. The Labute approximate surface area is 168 Å². The van der Waals surface area contributed by atoms with Crippen molar-refractivity contribution >= 4 is 15.9 Å². The second-order valence-corrected chi connectivity index (χ2v) is 9.62. The highest BCUT2D eigenvalue weighted by Gasteiger charge is 2.44. The maximum atomic E-state index is 12.7. The molecule has 2 heterocycles. The highest BCUT2D eigenvalue weighted by molar-refractivity contribution is 7.89. The molecule has 164 valence electrons. The van der Waals surface area contributed by atoms with Crippen LogP contribution in [0.5, 0.6) is 0 Å². The first-order valence-corrected chi connectivity index (χ1v) is 11.1. The summed E-state index contributed by atoms with van der Waals surface area (Å²) in [4.78, 5) is 17.3. The lowest BCUT2D eigenvalue weighted by Crippen LogP contribution is -2.62. The first-order valence-electron chi connectivity index (χ1n) is 9.63. The van der Waals surface area contributed by atoms with E-state index in [-0.39, 0.29) is 24.7 Å². The van der Waals surface area contributed by atoms with E-state index in [1.54, 1.807) is 11.6 Å². The maximum absolute atomic E-state index is 12.7. The molecule has 0 bridgehead atoms. The highest BCUT2D eigenvalue weighted by Crippen LogP contribution is 2.35. The standard InChI is InChI=1S/C17H26F3N5O3S/c1-23-11-14(22-13-23)29(27,28)25-9-7-24(8-10-25)16(5-3-2-4-6-16)12-21-15(26)17(18,19)20/h11,13H,2-10,12H2,1H3,(H,21,26). The number of aryl methyl sites for hydroxylation is 1. The molecule has 1 aromatic heterocycles. The average molecular weight is 437 g/mol. The van der Waals surface area contributed by atoms with Crippen LogP contribution >= 0.6 is 0 Å². The van der Waals surface area contributed by atoms with Crippen LogP contribution in [0.1, 0.15) is 32.1 Å². The summed E-state index contributed by atoms with van der Waals surface area (Å²) in [5, 5.41) is 2.03. The lowest BCUT2D eigenvalue weighted by molar-refractivity contribution is -0.174. The Balaban J connectivity index is 1.68. The number of rotatable bonds is 5. The number of aromatic nitrogens is 2. The quantitative estimate of drug-likeness (QED) is 0.746. The Kier molecular flexibility index (Phi) is 6.25. The Morgan fingerprint density at radius 2 is 1.79 bits per heavy atom. The molecule has 12 heteroatoms. The van der Waals surface area contributed by atoms with Gasteiger partial charge in [0.05, 0.1) is 6.33 Å². The van der Waals surface area contributed by atoms with Crippen LogP contribution in [0.15, 0.2) is 17.6 Å². The molecule has 0 unspecified atom stereocenters. The van der Waals surface area contributed by atoms with E-state index in [2.05, 4.69) is 10.3 Å². The van der Waals surface area contributed by atoms with Gasteiger partial charge in [-0.15, -0.1) is 0 Å². The summed E-state index contributed by atoms with van der Waals surface area (Å²) in [6, 6.07) is 0. The van der Waals surface area contributed by atoms with Gasteiger partial charge >= 0.3 is 12.1 Å². The van der Waals surface area contributed by atoms with Gasteiger partial charge in [0.25, 0.3) is 10.0 Å². The Hall–Kier alpha value is -1.66. The van der Waals surface area contributed by atoms with Gasteiger partial charge in [-0.25, -0.2) is 13.4 Å². The molecule has 2 aliphatic rings. The fourth-order valence-corrected chi connectivity index (χ4v) is 5.61. The first-order chi connectivity index (χ1) is 13.5. The van der Waals surface area contributed by atoms with Crippen LogP contribution < -0.4 is 5.32 Å². The van der Waals surface area contributed by atoms with Gasteiger partial charge in [0, 0.05) is 51.5 Å². The number of carbonyl (C=O) groups excluding carboxylic acids is 1. The van der Waals surface area contributed by atoms with Crippen LogP contribution in [0.3, 0.4) is 0 Å². The maximum Gasteiger partial charge on any atom is 0.471 e. The van der Waals surface area contributed by atoms with Gasteiger partial charge in [0.15, 0.2) is 5.03 Å². The van der Waals surface area contributed by atoms with Crippen molar-refractivity contribution in [2.45, 2.75) is 48.8 Å². The number of imidazole rings is 1. The van der Waals surface area contributed by atoms with E-state index in [0.29, 0.717) is 25.9 Å². The molecular formula is C17H26F3N5O3S. The van der Waals surface area contributed by atoms with E-state index in [9.17, 15) is 26.4 Å². The number of hydrogen-bond acceptors (Lipinski definition) is 5. The van der Waals surface area contributed by atoms with Crippen LogP contribution in [-0.4, -0.2) is 77.5 Å². The van der Waals surface area contributed by atoms with E-state index in [1.165, 1.54) is 16.8 Å². The van der Waals surface area contributed by atoms with Crippen molar-refractivity contribution in [3.05, 3.63) is 12.5 Å². The third-order valence-electron chi connectivity index (χ3n) is 5.81. The second kappa shape index (κ2) is 8.23. The van der Waals surface area contributed by atoms with E-state index < -0.39 is 27.6 Å². The number of sulfonamides is 1. The second-order valence-electron chi connectivity index (χ2n) is 7.73. The summed E-state index contributed by atoms with van der Waals surface area (Å²) >= 11 is 0. The minimum atomic E-state index is -4.91. The third kappa shape index (κ3) is 4.75. The lowest BCUT2D eigenvalue weighted by Gasteiger charge is -2.49. The molecule has 1 aliphatic carbocycles.